The van der Waals surface area contributed by atoms with Crippen LogP contribution in [0.5, 0.6) is 0 Å². The molecule has 3 heterocycles. The molecule has 3 aromatic heterocycles. The highest BCUT2D eigenvalue weighted by Gasteiger charge is 2.16. The van der Waals surface area contributed by atoms with Crippen LogP contribution in [-0.4, -0.2) is 29.4 Å². The molecule has 0 saturated heterocycles. The summed E-state index contributed by atoms with van der Waals surface area (Å²) in [5.41, 5.74) is 0.484. The highest BCUT2D eigenvalue weighted by molar-refractivity contribution is 7.93. The van der Waals surface area contributed by atoms with E-state index in [1.54, 1.807) is 5.38 Å². The zero-order valence-corrected chi connectivity index (χ0v) is 17.8. The van der Waals surface area contributed by atoms with Crippen LogP contribution in [0.3, 0.4) is 0 Å². The lowest BCUT2D eigenvalue weighted by atomic mass is 10.2. The molecule has 0 saturated carbocycles. The van der Waals surface area contributed by atoms with E-state index in [4.69, 9.17) is 4.52 Å². The summed E-state index contributed by atoms with van der Waals surface area (Å²) in [6.45, 7) is 0. The van der Waals surface area contributed by atoms with E-state index in [-0.39, 0.29) is 22.4 Å². The van der Waals surface area contributed by atoms with Crippen LogP contribution in [0.2, 0.25) is 0 Å². The van der Waals surface area contributed by atoms with Gasteiger partial charge in [-0.1, -0.05) is 11.2 Å². The molecule has 12 heteroatoms. The first kappa shape index (κ1) is 20.2. The number of nitrogens with zero attached hydrogens (tertiary/aromatic N) is 3. The number of thiazole rings is 1. The summed E-state index contributed by atoms with van der Waals surface area (Å²) in [6, 6.07) is 9.66. The van der Waals surface area contributed by atoms with Crippen LogP contribution >= 0.6 is 22.7 Å². The van der Waals surface area contributed by atoms with Gasteiger partial charge in [-0.05, 0) is 35.7 Å². The molecular formula is C18H15N5O4S3. The first-order valence-corrected chi connectivity index (χ1v) is 11.9. The van der Waals surface area contributed by atoms with Crippen molar-refractivity contribution in [1.82, 2.24) is 15.1 Å². The summed E-state index contributed by atoms with van der Waals surface area (Å²) in [7, 11) is -3.73. The minimum absolute atomic E-state index is 0.0719. The van der Waals surface area contributed by atoms with Crippen molar-refractivity contribution in [3.05, 3.63) is 59.2 Å². The Kier molecular flexibility index (Phi) is 5.88. The Morgan fingerprint density at radius 3 is 2.63 bits per heavy atom. The molecule has 0 aliphatic carbocycles. The van der Waals surface area contributed by atoms with Crippen LogP contribution in [0.4, 0.5) is 10.8 Å². The van der Waals surface area contributed by atoms with Gasteiger partial charge in [0.2, 0.25) is 17.6 Å². The highest BCUT2D eigenvalue weighted by atomic mass is 32.2. The van der Waals surface area contributed by atoms with Gasteiger partial charge in [-0.2, -0.15) is 4.98 Å². The predicted octanol–water partition coefficient (Wildman–Crippen LogP) is 3.63. The fourth-order valence-electron chi connectivity index (χ4n) is 2.47. The van der Waals surface area contributed by atoms with E-state index in [0.29, 0.717) is 23.8 Å². The Hall–Kier alpha value is -3.09. The van der Waals surface area contributed by atoms with Crippen LogP contribution in [-0.2, 0) is 21.2 Å². The molecule has 0 bridgehead atoms. The lowest BCUT2D eigenvalue weighted by Gasteiger charge is -2.07. The Labute approximate surface area is 179 Å². The number of carbonyl (C=O) groups is 1. The number of rotatable bonds is 8. The van der Waals surface area contributed by atoms with Crippen LogP contribution in [0.25, 0.3) is 10.7 Å². The van der Waals surface area contributed by atoms with E-state index in [1.807, 2.05) is 17.5 Å². The number of anilines is 2. The van der Waals surface area contributed by atoms with Gasteiger partial charge in [0.25, 0.3) is 10.0 Å². The monoisotopic (exact) mass is 461 g/mol. The van der Waals surface area contributed by atoms with Gasteiger partial charge >= 0.3 is 0 Å². The quantitative estimate of drug-likeness (QED) is 0.410. The molecule has 2 N–H and O–H groups in total. The largest absolute Gasteiger partial charge is 0.339 e. The second-order valence-corrected chi connectivity index (χ2v) is 9.53. The first-order valence-electron chi connectivity index (χ1n) is 8.68. The normalized spacial score (nSPS) is 11.3. The molecule has 154 valence electrons. The second kappa shape index (κ2) is 8.73. The molecule has 0 atom stereocenters. The molecule has 1 aromatic carbocycles. The van der Waals surface area contributed by atoms with Gasteiger partial charge in [0.15, 0.2) is 5.13 Å². The minimum Gasteiger partial charge on any atom is -0.339 e. The number of aromatic nitrogens is 3. The molecule has 1 amide bonds. The van der Waals surface area contributed by atoms with Crippen molar-refractivity contribution in [2.24, 2.45) is 0 Å². The number of carbonyl (C=O) groups excluding carboxylic acids is 1. The predicted molar refractivity (Wildman–Crippen MR) is 114 cm³/mol. The van der Waals surface area contributed by atoms with Crippen molar-refractivity contribution < 1.29 is 17.7 Å². The Morgan fingerprint density at radius 1 is 1.10 bits per heavy atom. The number of hydrogen-bond donors (Lipinski definition) is 2. The third-order valence-corrected chi connectivity index (χ3v) is 6.92. The molecule has 0 radical (unpaired) electrons. The molecule has 0 spiro atoms. The lowest BCUT2D eigenvalue weighted by Crippen LogP contribution is -2.14. The Bertz CT molecular complexity index is 1220. The van der Waals surface area contributed by atoms with Crippen molar-refractivity contribution in [1.29, 1.82) is 0 Å². The van der Waals surface area contributed by atoms with E-state index in [2.05, 4.69) is 25.2 Å². The van der Waals surface area contributed by atoms with Crippen LogP contribution in [0.15, 0.2) is 62.8 Å². The summed E-state index contributed by atoms with van der Waals surface area (Å²) in [5, 5.41) is 10.5. The third kappa shape index (κ3) is 4.90. The molecule has 4 rings (SSSR count). The molecular weight excluding hydrogens is 446 g/mol. The van der Waals surface area contributed by atoms with Crippen LogP contribution in [0, 0.1) is 0 Å². The van der Waals surface area contributed by atoms with Gasteiger partial charge in [0.1, 0.15) is 0 Å². The van der Waals surface area contributed by atoms with Crippen molar-refractivity contribution in [2.45, 2.75) is 17.7 Å². The lowest BCUT2D eigenvalue weighted by molar-refractivity contribution is -0.116. The number of aryl methyl sites for hydroxylation is 1. The minimum atomic E-state index is -3.73. The summed E-state index contributed by atoms with van der Waals surface area (Å²) in [5.74, 6) is 0.634. The van der Waals surface area contributed by atoms with Gasteiger partial charge in [0.05, 0.1) is 9.77 Å². The van der Waals surface area contributed by atoms with Crippen molar-refractivity contribution in [2.75, 3.05) is 10.0 Å². The van der Waals surface area contributed by atoms with Gasteiger partial charge < -0.3 is 9.84 Å². The number of nitrogens with one attached hydrogen (secondary N) is 2. The topological polar surface area (TPSA) is 127 Å². The fourth-order valence-corrected chi connectivity index (χ4v) is 4.91. The second-order valence-electron chi connectivity index (χ2n) is 6.00. The number of thiophene rings is 1. The Morgan fingerprint density at radius 2 is 1.93 bits per heavy atom. The maximum Gasteiger partial charge on any atom is 0.263 e. The van der Waals surface area contributed by atoms with E-state index >= 15 is 0 Å². The fraction of sp³-hybridized carbons (Fsp3) is 0.111. The SMILES string of the molecule is O=C(CCc1nc(-c2cccs2)no1)Nc1ccc(S(=O)(=O)Nc2nccs2)cc1. The maximum atomic E-state index is 12.3. The molecule has 9 nitrogen and oxygen atoms in total. The van der Waals surface area contributed by atoms with Gasteiger partial charge in [-0.15, -0.1) is 22.7 Å². The third-order valence-electron chi connectivity index (χ3n) is 3.88. The van der Waals surface area contributed by atoms with Crippen molar-refractivity contribution >= 4 is 49.4 Å². The number of sulfonamides is 1. The standard InChI is InChI=1S/C18H15N5O4S3/c24-15(7-8-16-21-17(22-27-16)14-2-1-10-28-14)20-12-3-5-13(6-4-12)30(25,26)23-18-19-9-11-29-18/h1-6,9-11H,7-8H2,(H,19,23)(H,20,24). The number of benzene rings is 1. The molecule has 0 aliphatic heterocycles. The van der Waals surface area contributed by atoms with Crippen LogP contribution < -0.4 is 10.0 Å². The van der Waals surface area contributed by atoms with Gasteiger partial charge in [-0.25, -0.2) is 13.4 Å². The molecule has 30 heavy (non-hydrogen) atoms. The summed E-state index contributed by atoms with van der Waals surface area (Å²) >= 11 is 2.69. The molecule has 0 unspecified atom stereocenters. The smallest absolute Gasteiger partial charge is 0.263 e. The maximum absolute atomic E-state index is 12.3. The van der Waals surface area contributed by atoms with E-state index in [9.17, 15) is 13.2 Å². The Balaban J connectivity index is 1.31. The summed E-state index contributed by atoms with van der Waals surface area (Å²) in [4.78, 5) is 21.3. The number of amides is 1. The highest BCUT2D eigenvalue weighted by Crippen LogP contribution is 2.22. The molecule has 0 fully saturated rings. The van der Waals surface area contributed by atoms with Gasteiger partial charge in [0, 0.05) is 30.1 Å². The van der Waals surface area contributed by atoms with E-state index < -0.39 is 10.0 Å². The molecule has 0 aliphatic rings. The average molecular weight is 462 g/mol. The van der Waals surface area contributed by atoms with Crippen molar-refractivity contribution in [3.63, 3.8) is 0 Å². The van der Waals surface area contributed by atoms with E-state index in [0.717, 1.165) is 4.88 Å². The zero-order chi connectivity index (χ0) is 21.0. The molecule has 4 aromatic rings. The van der Waals surface area contributed by atoms with Crippen molar-refractivity contribution in [3.8, 4) is 10.7 Å². The summed E-state index contributed by atoms with van der Waals surface area (Å²) < 4.78 is 32.2. The van der Waals surface area contributed by atoms with Crippen LogP contribution in [0.1, 0.15) is 12.3 Å². The van der Waals surface area contributed by atoms with E-state index in [1.165, 1.54) is 53.1 Å². The number of hydrogen-bond acceptors (Lipinski definition) is 9. The summed E-state index contributed by atoms with van der Waals surface area (Å²) in [6.07, 6.45) is 1.96. The van der Waals surface area contributed by atoms with Gasteiger partial charge in [-0.3, -0.25) is 9.52 Å². The first-order chi connectivity index (χ1) is 14.5. The average Bonchev–Trinajstić information content (AvgIpc) is 3.48. The zero-order valence-electron chi connectivity index (χ0n) is 15.3.